The Morgan fingerprint density at radius 1 is 1.31 bits per heavy atom. The Hall–Kier alpha value is -1.34. The van der Waals surface area contributed by atoms with Gasteiger partial charge in [0.2, 0.25) is 5.82 Å². The summed E-state index contributed by atoms with van der Waals surface area (Å²) in [7, 11) is 0. The molecule has 0 spiro atoms. The number of aromatic nitrogens is 2. The van der Waals surface area contributed by atoms with Gasteiger partial charge in [0.05, 0.1) is 5.69 Å². The van der Waals surface area contributed by atoms with Crippen molar-refractivity contribution >= 4 is 57.0 Å². The van der Waals surface area contributed by atoms with Crippen LogP contribution in [0.2, 0.25) is 0 Å². The lowest BCUT2D eigenvalue weighted by Gasteiger charge is -2.04. The number of nitrogens with two attached hydrogens (primary N) is 1. The van der Waals surface area contributed by atoms with Crippen LogP contribution in [0.3, 0.4) is 0 Å². The highest BCUT2D eigenvalue weighted by molar-refractivity contribution is 9.08. The predicted molar refractivity (Wildman–Crippen MR) is 111 cm³/mol. The van der Waals surface area contributed by atoms with Crippen LogP contribution in [-0.2, 0) is 0 Å². The van der Waals surface area contributed by atoms with Crippen molar-refractivity contribution in [2.75, 3.05) is 36.0 Å². The highest BCUT2D eigenvalue weighted by Gasteiger charge is 2.16. The zero-order valence-corrected chi connectivity index (χ0v) is 17.8. The number of halogens is 2. The predicted octanol–water partition coefficient (Wildman–Crippen LogP) is 3.27. The van der Waals surface area contributed by atoms with Gasteiger partial charge in [0.25, 0.3) is 0 Å². The number of nitrogens with zero attached hydrogens (tertiary/aromatic N) is 3. The van der Waals surface area contributed by atoms with E-state index in [1.807, 2.05) is 23.8 Å². The molecule has 26 heavy (non-hydrogen) atoms. The van der Waals surface area contributed by atoms with Crippen molar-refractivity contribution in [3.8, 4) is 0 Å². The standard InChI is InChI=1S/C12H14FN5O2S.CH3Br.CH5NS/c1-21-7-6-14-11-10(17-20-18-11)12(16-19)15-9-4-2-8(13)3-5-9;1-2;1-3-2/h2-5,19H,6-7H2,1H3,(H,14,18)(H,15,16);1H3;2H2,1H3. The maximum atomic E-state index is 12.9. The summed E-state index contributed by atoms with van der Waals surface area (Å²) < 4.78 is 17.5. The molecule has 0 bridgehead atoms. The molecule has 0 saturated carbocycles. The van der Waals surface area contributed by atoms with Crippen molar-refractivity contribution in [3.63, 3.8) is 0 Å². The average molecular weight is 469 g/mol. The van der Waals surface area contributed by atoms with Crippen LogP contribution >= 0.6 is 39.6 Å². The minimum Gasteiger partial charge on any atom is -0.364 e. The number of benzene rings is 1. The molecule has 0 aliphatic carbocycles. The highest BCUT2D eigenvalue weighted by Crippen LogP contribution is 2.16. The fourth-order valence-electron chi connectivity index (χ4n) is 1.51. The van der Waals surface area contributed by atoms with Crippen molar-refractivity contribution in [2.45, 2.75) is 0 Å². The molecular weight excluding hydrogens is 447 g/mol. The van der Waals surface area contributed by atoms with Gasteiger partial charge in [-0.3, -0.25) is 15.8 Å². The zero-order chi connectivity index (χ0) is 19.8. The number of hydrogen-bond donors (Lipinski definition) is 4. The van der Waals surface area contributed by atoms with Crippen LogP contribution in [0.5, 0.6) is 0 Å². The molecule has 0 saturated heterocycles. The average Bonchev–Trinajstić information content (AvgIpc) is 3.12. The van der Waals surface area contributed by atoms with E-state index in [-0.39, 0.29) is 17.3 Å². The van der Waals surface area contributed by atoms with Gasteiger partial charge in [-0.15, -0.1) is 0 Å². The maximum Gasteiger partial charge on any atom is 0.202 e. The van der Waals surface area contributed by atoms with E-state index in [0.29, 0.717) is 18.1 Å². The second kappa shape index (κ2) is 15.9. The lowest BCUT2D eigenvalue weighted by molar-refractivity contribution is 0.234. The molecule has 1 aromatic carbocycles. The first-order valence-corrected chi connectivity index (χ1v) is 11.3. The van der Waals surface area contributed by atoms with Crippen molar-refractivity contribution in [2.24, 2.45) is 10.1 Å². The van der Waals surface area contributed by atoms with Gasteiger partial charge in [0, 0.05) is 12.3 Å². The van der Waals surface area contributed by atoms with Crippen LogP contribution in [0.1, 0.15) is 5.69 Å². The number of hydroxylamine groups is 1. The van der Waals surface area contributed by atoms with Crippen LogP contribution in [-0.4, -0.2) is 52.0 Å². The first-order valence-electron chi connectivity index (χ1n) is 7.07. The van der Waals surface area contributed by atoms with Gasteiger partial charge in [0.1, 0.15) is 5.82 Å². The Morgan fingerprint density at radius 3 is 2.46 bits per heavy atom. The van der Waals surface area contributed by atoms with Crippen LogP contribution < -0.4 is 15.9 Å². The third-order valence-electron chi connectivity index (χ3n) is 2.48. The molecule has 0 fully saturated rings. The number of hydrogen-bond acceptors (Lipinski definition) is 9. The fraction of sp³-hybridized carbons (Fsp3) is 0.357. The lowest BCUT2D eigenvalue weighted by atomic mass is 10.3. The third-order valence-corrected chi connectivity index (χ3v) is 3.10. The zero-order valence-electron chi connectivity index (χ0n) is 14.6. The van der Waals surface area contributed by atoms with Crippen molar-refractivity contribution in [3.05, 3.63) is 35.8 Å². The van der Waals surface area contributed by atoms with E-state index < -0.39 is 0 Å². The van der Waals surface area contributed by atoms with Gasteiger partial charge in [-0.25, -0.2) is 14.0 Å². The summed E-state index contributed by atoms with van der Waals surface area (Å²) in [6.07, 6.45) is 3.81. The Morgan fingerprint density at radius 2 is 1.92 bits per heavy atom. The van der Waals surface area contributed by atoms with Crippen LogP contribution in [0.15, 0.2) is 33.9 Å². The number of thioether (sulfide) groups is 1. The normalized spacial score (nSPS) is 10.2. The first kappa shape index (κ1) is 24.7. The second-order valence-corrected chi connectivity index (χ2v) is 5.62. The van der Waals surface area contributed by atoms with Gasteiger partial charge in [-0.2, -0.15) is 11.8 Å². The van der Waals surface area contributed by atoms with Gasteiger partial charge in [-0.05, 0) is 52.9 Å². The van der Waals surface area contributed by atoms with Crippen LogP contribution in [0.4, 0.5) is 15.9 Å². The van der Waals surface area contributed by atoms with Gasteiger partial charge in [-0.1, -0.05) is 27.9 Å². The van der Waals surface area contributed by atoms with Crippen LogP contribution in [0.25, 0.3) is 0 Å². The maximum absolute atomic E-state index is 12.9. The molecule has 146 valence electrons. The van der Waals surface area contributed by atoms with E-state index in [0.717, 1.165) is 5.75 Å². The van der Waals surface area contributed by atoms with E-state index in [1.54, 1.807) is 11.8 Å². The molecule has 2 aromatic rings. The highest BCUT2D eigenvalue weighted by atomic mass is 79.9. The monoisotopic (exact) mass is 468 g/mol. The number of rotatable bonds is 6. The molecule has 0 aliphatic heterocycles. The summed E-state index contributed by atoms with van der Waals surface area (Å²) >= 11 is 5.86. The van der Waals surface area contributed by atoms with Crippen molar-refractivity contribution in [1.82, 2.24) is 15.8 Å². The van der Waals surface area contributed by atoms with Crippen molar-refractivity contribution < 1.29 is 14.2 Å². The summed E-state index contributed by atoms with van der Waals surface area (Å²) in [5, 5.41) is 24.4. The summed E-state index contributed by atoms with van der Waals surface area (Å²) in [6.45, 7) is 0.664. The molecule has 12 heteroatoms. The molecule has 2 rings (SSSR count). The third kappa shape index (κ3) is 9.38. The van der Waals surface area contributed by atoms with Gasteiger partial charge in [0.15, 0.2) is 11.5 Å². The minimum absolute atomic E-state index is 0.0505. The first-order chi connectivity index (χ1) is 12.7. The van der Waals surface area contributed by atoms with E-state index in [9.17, 15) is 9.60 Å². The van der Waals surface area contributed by atoms with E-state index in [1.165, 1.54) is 36.2 Å². The number of anilines is 1. The van der Waals surface area contributed by atoms with E-state index in [4.69, 9.17) is 5.14 Å². The van der Waals surface area contributed by atoms with E-state index in [2.05, 4.69) is 41.2 Å². The number of amidine groups is 1. The molecule has 0 radical (unpaired) electrons. The van der Waals surface area contributed by atoms with E-state index >= 15 is 0 Å². The largest absolute Gasteiger partial charge is 0.364 e. The molecule has 1 heterocycles. The SMILES string of the molecule is CBr.CSCCNc1nonc1C(=Nc1ccc(F)cc1)NO.CSN. The molecule has 0 unspecified atom stereocenters. The summed E-state index contributed by atoms with van der Waals surface area (Å²) in [4.78, 5) is 4.13. The summed E-state index contributed by atoms with van der Waals surface area (Å²) in [5.74, 6) is 2.74. The summed E-state index contributed by atoms with van der Waals surface area (Å²) in [5.41, 5.74) is 2.64. The number of aliphatic imine (C=N–C) groups is 1. The summed E-state index contributed by atoms with van der Waals surface area (Å²) in [6, 6.07) is 5.49. The lowest BCUT2D eigenvalue weighted by Crippen LogP contribution is -2.22. The molecule has 1 aromatic heterocycles. The number of alkyl halides is 1. The molecule has 5 N–H and O–H groups in total. The molecule has 0 amide bonds. The van der Waals surface area contributed by atoms with Crippen LogP contribution in [0, 0.1) is 5.82 Å². The Kier molecular flexibility index (Phi) is 15.1. The molecule has 0 atom stereocenters. The smallest absolute Gasteiger partial charge is 0.202 e. The van der Waals surface area contributed by atoms with Crippen molar-refractivity contribution in [1.29, 1.82) is 0 Å². The van der Waals surface area contributed by atoms with Gasteiger partial charge >= 0.3 is 0 Å². The second-order valence-electron chi connectivity index (χ2n) is 4.17. The minimum atomic E-state index is -0.366. The fourth-order valence-corrected chi connectivity index (χ4v) is 1.81. The Bertz CT molecular complexity index is 630. The quantitative estimate of drug-likeness (QED) is 0.126. The molecule has 0 aliphatic rings. The molecular formula is C14H22BrFN6O2S2. The Labute approximate surface area is 168 Å². The molecule has 8 nitrogen and oxygen atoms in total. The Balaban J connectivity index is 0.00000113. The topological polar surface area (TPSA) is 122 Å². The number of nitrogens with one attached hydrogen (secondary N) is 2. The van der Waals surface area contributed by atoms with Gasteiger partial charge < -0.3 is 5.32 Å².